The molecule has 0 aliphatic carbocycles. The minimum atomic E-state index is -0.313. The molecule has 3 amide bonds. The monoisotopic (exact) mass is 433 g/mol. The molecule has 4 aliphatic heterocycles. The van der Waals surface area contributed by atoms with E-state index in [1.807, 2.05) is 4.90 Å². The van der Waals surface area contributed by atoms with Crippen molar-refractivity contribution >= 4 is 30.1 Å². The lowest BCUT2D eigenvalue weighted by Crippen LogP contribution is -2.36. The fraction of sp³-hybridized carbons (Fsp3) is 0.591. The normalized spacial score (nSPS) is 28.2. The molecule has 3 saturated heterocycles. The molecule has 7 nitrogen and oxygen atoms in total. The van der Waals surface area contributed by atoms with Crippen LogP contribution in [0, 0.1) is 11.8 Å². The van der Waals surface area contributed by atoms with E-state index in [1.54, 1.807) is 18.2 Å². The third-order valence-corrected chi connectivity index (χ3v) is 6.93. The van der Waals surface area contributed by atoms with Gasteiger partial charge >= 0.3 is 0 Å². The van der Waals surface area contributed by atoms with E-state index in [1.165, 1.54) is 4.90 Å². The molecule has 1 aromatic carbocycles. The number of nitrogens with zero attached hydrogens (tertiary/aromatic N) is 2. The molecule has 3 fully saturated rings. The van der Waals surface area contributed by atoms with E-state index in [2.05, 4.69) is 5.32 Å². The van der Waals surface area contributed by atoms with Crippen LogP contribution in [0.5, 0.6) is 0 Å². The van der Waals surface area contributed by atoms with Gasteiger partial charge < -0.3 is 15.0 Å². The van der Waals surface area contributed by atoms with E-state index in [-0.39, 0.29) is 36.2 Å². The number of ether oxygens (including phenoxy) is 1. The second kappa shape index (κ2) is 8.65. The smallest absolute Gasteiger partial charge is 0.261 e. The number of imide groups is 1. The summed E-state index contributed by atoms with van der Waals surface area (Å²) in [5.41, 5.74) is 1.23. The number of benzene rings is 1. The molecule has 162 valence electrons. The van der Waals surface area contributed by atoms with Crippen LogP contribution in [-0.2, 0) is 4.74 Å². The summed E-state index contributed by atoms with van der Waals surface area (Å²) in [7, 11) is 0. The van der Waals surface area contributed by atoms with Gasteiger partial charge in [-0.1, -0.05) is 0 Å². The van der Waals surface area contributed by atoms with E-state index in [4.69, 9.17) is 4.74 Å². The first-order valence-electron chi connectivity index (χ1n) is 10.7. The molecule has 5 rings (SSSR count). The fourth-order valence-electron chi connectivity index (χ4n) is 5.19. The highest BCUT2D eigenvalue weighted by Crippen LogP contribution is 2.29. The molecule has 1 aromatic rings. The van der Waals surface area contributed by atoms with Gasteiger partial charge in [0.05, 0.1) is 23.8 Å². The van der Waals surface area contributed by atoms with Crippen LogP contribution in [0.25, 0.3) is 0 Å². The highest BCUT2D eigenvalue weighted by molar-refractivity contribution is 6.22. The van der Waals surface area contributed by atoms with Crippen molar-refractivity contribution in [2.45, 2.75) is 31.8 Å². The van der Waals surface area contributed by atoms with Crippen molar-refractivity contribution in [2.24, 2.45) is 11.8 Å². The average Bonchev–Trinajstić information content (AvgIpc) is 3.43. The zero-order chi connectivity index (χ0) is 20.0. The molecule has 4 aliphatic rings. The molecular formula is C22H28ClN3O4. The lowest BCUT2D eigenvalue weighted by atomic mass is 9.92. The second-order valence-electron chi connectivity index (χ2n) is 8.66. The average molecular weight is 434 g/mol. The number of amides is 3. The highest BCUT2D eigenvalue weighted by atomic mass is 35.5. The molecule has 0 saturated carbocycles. The predicted molar refractivity (Wildman–Crippen MR) is 113 cm³/mol. The Hall–Kier alpha value is -1.96. The summed E-state index contributed by atoms with van der Waals surface area (Å²) in [5.74, 6) is 0.663. The third kappa shape index (κ3) is 3.74. The highest BCUT2D eigenvalue weighted by Gasteiger charge is 2.38. The maximum absolute atomic E-state index is 13.1. The Morgan fingerprint density at radius 3 is 2.40 bits per heavy atom. The maximum atomic E-state index is 13.1. The Kier molecular flexibility index (Phi) is 6.14. The summed E-state index contributed by atoms with van der Waals surface area (Å²) in [5, 5.41) is 3.45. The molecule has 1 unspecified atom stereocenters. The Bertz CT molecular complexity index is 841. The SMILES string of the molecule is Cl.O=C(c1ccc2c(c1)C(=O)N(CC1CCCO1)C2=O)N1CC[C@@H]2CNC[C@@H]2CC1. The summed E-state index contributed by atoms with van der Waals surface area (Å²) in [6.07, 6.45) is 3.77. The Balaban J connectivity index is 0.00000218. The van der Waals surface area contributed by atoms with Gasteiger partial charge in [0, 0.05) is 25.3 Å². The van der Waals surface area contributed by atoms with Crippen LogP contribution in [0.2, 0.25) is 0 Å². The quantitative estimate of drug-likeness (QED) is 0.737. The minimum Gasteiger partial charge on any atom is -0.376 e. The number of rotatable bonds is 3. The predicted octanol–water partition coefficient (Wildman–Crippen LogP) is 1.95. The molecule has 4 heterocycles. The van der Waals surface area contributed by atoms with Crippen molar-refractivity contribution in [3.63, 3.8) is 0 Å². The van der Waals surface area contributed by atoms with E-state index in [9.17, 15) is 14.4 Å². The van der Waals surface area contributed by atoms with Crippen molar-refractivity contribution in [3.05, 3.63) is 34.9 Å². The zero-order valence-electron chi connectivity index (χ0n) is 17.0. The molecule has 0 radical (unpaired) electrons. The minimum absolute atomic E-state index is 0. The van der Waals surface area contributed by atoms with Gasteiger partial charge in [-0.25, -0.2) is 0 Å². The van der Waals surface area contributed by atoms with Gasteiger partial charge in [0.15, 0.2) is 0 Å². The Labute approximate surface area is 182 Å². The van der Waals surface area contributed by atoms with Crippen LogP contribution < -0.4 is 5.32 Å². The van der Waals surface area contributed by atoms with Crippen LogP contribution in [0.3, 0.4) is 0 Å². The molecule has 0 bridgehead atoms. The molecule has 1 N–H and O–H groups in total. The Morgan fingerprint density at radius 1 is 1.03 bits per heavy atom. The lowest BCUT2D eigenvalue weighted by molar-refractivity contribution is 0.0475. The number of hydrogen-bond acceptors (Lipinski definition) is 5. The first kappa shape index (κ1) is 21.3. The van der Waals surface area contributed by atoms with Crippen molar-refractivity contribution in [3.8, 4) is 0 Å². The van der Waals surface area contributed by atoms with Crippen LogP contribution >= 0.6 is 12.4 Å². The van der Waals surface area contributed by atoms with Crippen LogP contribution in [-0.4, -0.2) is 73.0 Å². The van der Waals surface area contributed by atoms with Gasteiger partial charge in [-0.3, -0.25) is 19.3 Å². The van der Waals surface area contributed by atoms with E-state index in [0.29, 0.717) is 41.7 Å². The van der Waals surface area contributed by atoms with Gasteiger partial charge in [0.25, 0.3) is 17.7 Å². The van der Waals surface area contributed by atoms with E-state index >= 15 is 0 Å². The first-order valence-corrected chi connectivity index (χ1v) is 10.7. The van der Waals surface area contributed by atoms with Crippen molar-refractivity contribution in [2.75, 3.05) is 39.3 Å². The molecular weight excluding hydrogens is 406 g/mol. The van der Waals surface area contributed by atoms with Gasteiger partial charge in [-0.15, -0.1) is 12.4 Å². The van der Waals surface area contributed by atoms with Crippen molar-refractivity contribution in [1.82, 2.24) is 15.1 Å². The molecule has 0 aromatic heterocycles. The second-order valence-corrected chi connectivity index (χ2v) is 8.66. The summed E-state index contributed by atoms with van der Waals surface area (Å²) < 4.78 is 5.58. The van der Waals surface area contributed by atoms with Crippen LogP contribution in [0.1, 0.15) is 56.8 Å². The summed E-state index contributed by atoms with van der Waals surface area (Å²) in [4.78, 5) is 41.8. The largest absolute Gasteiger partial charge is 0.376 e. The zero-order valence-corrected chi connectivity index (χ0v) is 17.8. The summed E-state index contributed by atoms with van der Waals surface area (Å²) in [6.45, 7) is 4.55. The molecule has 3 atom stereocenters. The number of fused-ring (bicyclic) bond motifs is 2. The standard InChI is InChI=1S/C22H27N3O4.ClH/c26-20(24-7-5-15-11-23-12-16(15)6-8-24)14-3-4-18-19(10-14)22(28)25(21(18)27)13-17-2-1-9-29-17;/h3-4,10,15-17,23H,1-2,5-9,11-13H2;1H/t15-,16+,17?;. The number of hydrogen-bond donors (Lipinski definition) is 1. The number of likely N-dealkylation sites (tertiary alicyclic amines) is 1. The van der Waals surface area contributed by atoms with Crippen molar-refractivity contribution < 1.29 is 19.1 Å². The van der Waals surface area contributed by atoms with Gasteiger partial charge in [0.2, 0.25) is 0 Å². The number of halogens is 1. The molecule has 8 heteroatoms. The van der Waals surface area contributed by atoms with E-state index in [0.717, 1.165) is 51.9 Å². The Morgan fingerprint density at radius 2 is 1.73 bits per heavy atom. The number of carbonyl (C=O) groups is 3. The van der Waals surface area contributed by atoms with Gasteiger partial charge in [0.1, 0.15) is 0 Å². The summed E-state index contributed by atoms with van der Waals surface area (Å²) >= 11 is 0. The van der Waals surface area contributed by atoms with Crippen LogP contribution in [0.4, 0.5) is 0 Å². The maximum Gasteiger partial charge on any atom is 0.261 e. The molecule has 30 heavy (non-hydrogen) atoms. The van der Waals surface area contributed by atoms with Crippen LogP contribution in [0.15, 0.2) is 18.2 Å². The first-order chi connectivity index (χ1) is 14.1. The number of carbonyl (C=O) groups excluding carboxylic acids is 3. The van der Waals surface area contributed by atoms with Gasteiger partial charge in [-0.05, 0) is 68.8 Å². The molecule has 0 spiro atoms. The van der Waals surface area contributed by atoms with Crippen molar-refractivity contribution in [1.29, 1.82) is 0 Å². The van der Waals surface area contributed by atoms with E-state index < -0.39 is 0 Å². The topological polar surface area (TPSA) is 79.0 Å². The third-order valence-electron chi connectivity index (χ3n) is 6.93. The summed E-state index contributed by atoms with van der Waals surface area (Å²) in [6, 6.07) is 4.94. The lowest BCUT2D eigenvalue weighted by Gasteiger charge is -2.21. The van der Waals surface area contributed by atoms with Gasteiger partial charge in [-0.2, -0.15) is 0 Å². The fourth-order valence-corrected chi connectivity index (χ4v) is 5.19. The number of nitrogens with one attached hydrogen (secondary N) is 1.